The van der Waals surface area contributed by atoms with Gasteiger partial charge in [0.2, 0.25) is 0 Å². The fraction of sp³-hybridized carbons (Fsp3) is 0. The lowest BCUT2D eigenvalue weighted by molar-refractivity contribution is 0.483. The van der Waals surface area contributed by atoms with Gasteiger partial charge < -0.3 is 4.74 Å². The number of nitriles is 1. The lowest BCUT2D eigenvalue weighted by atomic mass is 10.1. The van der Waals surface area contributed by atoms with Gasteiger partial charge in [-0.25, -0.2) is 0 Å². The molecule has 0 spiro atoms. The van der Waals surface area contributed by atoms with Crippen LogP contribution in [0.1, 0.15) is 5.56 Å². The van der Waals surface area contributed by atoms with Crippen molar-refractivity contribution in [1.29, 1.82) is 5.26 Å². The number of aromatic nitrogens is 2. The number of para-hydroxylation sites is 1. The van der Waals surface area contributed by atoms with Crippen LogP contribution in [0.25, 0.3) is 10.9 Å². The number of halogens is 1. The van der Waals surface area contributed by atoms with Crippen LogP contribution in [-0.4, -0.2) is 9.97 Å². The third-order valence-corrected chi connectivity index (χ3v) is 3.18. The summed E-state index contributed by atoms with van der Waals surface area (Å²) in [7, 11) is 0. The van der Waals surface area contributed by atoms with Crippen LogP contribution in [0.4, 0.5) is 0 Å². The second-order valence-electron chi connectivity index (χ2n) is 4.07. The van der Waals surface area contributed by atoms with Crippen molar-refractivity contribution in [2.45, 2.75) is 0 Å². The molecule has 0 amide bonds. The van der Waals surface area contributed by atoms with Crippen molar-refractivity contribution in [3.63, 3.8) is 0 Å². The van der Waals surface area contributed by atoms with Crippen LogP contribution in [0, 0.1) is 11.3 Å². The Labute approximate surface area is 123 Å². The van der Waals surface area contributed by atoms with Gasteiger partial charge in [-0.3, -0.25) is 9.97 Å². The normalized spacial score (nSPS) is 10.2. The van der Waals surface area contributed by atoms with E-state index in [9.17, 15) is 5.26 Å². The highest BCUT2D eigenvalue weighted by molar-refractivity contribution is 9.10. The molecule has 2 heterocycles. The lowest BCUT2D eigenvalue weighted by Gasteiger charge is -2.10. The smallest absolute Gasteiger partial charge is 0.156 e. The van der Waals surface area contributed by atoms with Crippen molar-refractivity contribution in [2.24, 2.45) is 0 Å². The average molecular weight is 326 g/mol. The van der Waals surface area contributed by atoms with E-state index in [1.807, 2.05) is 24.3 Å². The molecule has 4 nitrogen and oxygen atoms in total. The van der Waals surface area contributed by atoms with Crippen LogP contribution in [0.2, 0.25) is 0 Å². The van der Waals surface area contributed by atoms with Crippen molar-refractivity contribution >= 4 is 26.8 Å². The van der Waals surface area contributed by atoms with Gasteiger partial charge in [0.15, 0.2) is 5.75 Å². The summed E-state index contributed by atoms with van der Waals surface area (Å²) in [5.41, 5.74) is 1.17. The molecule has 0 bridgehead atoms. The summed E-state index contributed by atoms with van der Waals surface area (Å²) in [6.07, 6.45) is 4.78. The quantitative estimate of drug-likeness (QED) is 0.713. The lowest BCUT2D eigenvalue weighted by Crippen LogP contribution is -1.92. The summed E-state index contributed by atoms with van der Waals surface area (Å²) in [5, 5.41) is 10.0. The second kappa shape index (κ2) is 5.27. The predicted octanol–water partition coefficient (Wildman–Crippen LogP) is 4.06. The molecule has 20 heavy (non-hydrogen) atoms. The van der Waals surface area contributed by atoms with Crippen LogP contribution >= 0.6 is 15.9 Å². The van der Waals surface area contributed by atoms with Gasteiger partial charge in [-0.2, -0.15) is 5.26 Å². The van der Waals surface area contributed by atoms with Crippen molar-refractivity contribution in [2.75, 3.05) is 0 Å². The Hall–Kier alpha value is -2.45. The Morgan fingerprint density at radius 2 is 2.00 bits per heavy atom. The monoisotopic (exact) mass is 325 g/mol. The van der Waals surface area contributed by atoms with Gasteiger partial charge in [0, 0.05) is 22.3 Å². The van der Waals surface area contributed by atoms with Gasteiger partial charge in [0.05, 0.1) is 11.7 Å². The highest BCUT2D eigenvalue weighted by atomic mass is 79.9. The van der Waals surface area contributed by atoms with Crippen LogP contribution < -0.4 is 4.74 Å². The number of hydrogen-bond donors (Lipinski definition) is 0. The molecule has 2 aromatic heterocycles. The van der Waals surface area contributed by atoms with Gasteiger partial charge in [-0.15, -0.1) is 0 Å². The van der Waals surface area contributed by atoms with E-state index in [1.165, 1.54) is 6.20 Å². The minimum atomic E-state index is 0.392. The van der Waals surface area contributed by atoms with Gasteiger partial charge in [-0.1, -0.05) is 12.1 Å². The van der Waals surface area contributed by atoms with E-state index in [4.69, 9.17) is 4.74 Å². The summed E-state index contributed by atoms with van der Waals surface area (Å²) in [6.45, 7) is 0. The van der Waals surface area contributed by atoms with Crippen molar-refractivity contribution < 1.29 is 4.74 Å². The largest absolute Gasteiger partial charge is 0.454 e. The van der Waals surface area contributed by atoms with E-state index in [-0.39, 0.29) is 0 Å². The van der Waals surface area contributed by atoms with E-state index < -0.39 is 0 Å². The van der Waals surface area contributed by atoms with Crippen LogP contribution in [0.15, 0.2) is 53.4 Å². The molecule has 1 aromatic carbocycles. The number of fused-ring (bicyclic) bond motifs is 1. The zero-order chi connectivity index (χ0) is 13.9. The first kappa shape index (κ1) is 12.6. The zero-order valence-electron chi connectivity index (χ0n) is 10.2. The number of nitrogens with zero attached hydrogens (tertiary/aromatic N) is 3. The Kier molecular flexibility index (Phi) is 3.32. The minimum Gasteiger partial charge on any atom is -0.454 e. The Morgan fingerprint density at radius 3 is 2.80 bits per heavy atom. The summed E-state index contributed by atoms with van der Waals surface area (Å²) in [5.74, 6) is 1.06. The first-order valence-corrected chi connectivity index (χ1v) is 6.63. The maximum absolute atomic E-state index is 9.22. The zero-order valence-corrected chi connectivity index (χ0v) is 11.8. The molecule has 5 heteroatoms. The summed E-state index contributed by atoms with van der Waals surface area (Å²) >= 11 is 3.34. The molecular formula is C15H8BrN3O. The van der Waals surface area contributed by atoms with Crippen LogP contribution in [0.3, 0.4) is 0 Å². The number of hydrogen-bond acceptors (Lipinski definition) is 4. The van der Waals surface area contributed by atoms with Gasteiger partial charge in [-0.05, 0) is 34.1 Å². The van der Waals surface area contributed by atoms with Crippen LogP contribution in [-0.2, 0) is 0 Å². The fourth-order valence-electron chi connectivity index (χ4n) is 1.87. The first-order valence-electron chi connectivity index (χ1n) is 5.84. The van der Waals surface area contributed by atoms with Gasteiger partial charge in [0.1, 0.15) is 17.4 Å². The summed E-state index contributed by atoms with van der Waals surface area (Å²) < 4.78 is 6.65. The first-order chi connectivity index (χ1) is 9.78. The number of rotatable bonds is 2. The minimum absolute atomic E-state index is 0.392. The number of benzene rings is 1. The van der Waals surface area contributed by atoms with Crippen molar-refractivity contribution in [1.82, 2.24) is 9.97 Å². The molecule has 0 aliphatic heterocycles. The molecule has 96 valence electrons. The SMILES string of the molecule is N#Cc1cnc2ccccc2c1Oc1cncc(Br)c1. The molecule has 0 N–H and O–H groups in total. The molecule has 3 aromatic rings. The second-order valence-corrected chi connectivity index (χ2v) is 4.99. The van der Waals surface area contributed by atoms with E-state index in [0.29, 0.717) is 17.1 Å². The maximum Gasteiger partial charge on any atom is 0.156 e. The Bertz CT molecular complexity index is 827. The molecule has 0 atom stereocenters. The number of pyridine rings is 2. The van der Waals surface area contributed by atoms with Gasteiger partial charge in [0.25, 0.3) is 0 Å². The molecule has 0 radical (unpaired) electrons. The summed E-state index contributed by atoms with van der Waals surface area (Å²) in [6, 6.07) is 11.4. The standard InChI is InChI=1S/C15H8BrN3O/c16-11-5-12(9-18-8-11)20-15-10(6-17)7-19-14-4-2-1-3-13(14)15/h1-5,7-9H. The van der Waals surface area contributed by atoms with Gasteiger partial charge >= 0.3 is 0 Å². The molecule has 0 aliphatic rings. The molecule has 0 saturated heterocycles. The maximum atomic E-state index is 9.22. The Balaban J connectivity index is 2.17. The highest BCUT2D eigenvalue weighted by Crippen LogP contribution is 2.32. The van der Waals surface area contributed by atoms with E-state index in [2.05, 4.69) is 32.0 Å². The molecule has 0 saturated carbocycles. The Morgan fingerprint density at radius 1 is 1.15 bits per heavy atom. The molecule has 3 rings (SSSR count). The van der Waals surface area contributed by atoms with E-state index in [0.717, 1.165) is 15.4 Å². The third kappa shape index (κ3) is 2.33. The average Bonchev–Trinajstić information content (AvgIpc) is 2.48. The van der Waals surface area contributed by atoms with Crippen molar-refractivity contribution in [3.05, 3.63) is 59.0 Å². The van der Waals surface area contributed by atoms with E-state index in [1.54, 1.807) is 18.5 Å². The predicted molar refractivity (Wildman–Crippen MR) is 78.5 cm³/mol. The molecule has 0 aliphatic carbocycles. The fourth-order valence-corrected chi connectivity index (χ4v) is 2.22. The molecular weight excluding hydrogens is 318 g/mol. The van der Waals surface area contributed by atoms with Crippen molar-refractivity contribution in [3.8, 4) is 17.6 Å². The topological polar surface area (TPSA) is 58.8 Å². The summed E-state index contributed by atoms with van der Waals surface area (Å²) in [4.78, 5) is 8.29. The highest BCUT2D eigenvalue weighted by Gasteiger charge is 2.11. The molecule has 0 fully saturated rings. The van der Waals surface area contributed by atoms with Crippen LogP contribution in [0.5, 0.6) is 11.5 Å². The van der Waals surface area contributed by atoms with E-state index >= 15 is 0 Å². The number of ether oxygens (including phenoxy) is 1. The molecule has 0 unspecified atom stereocenters. The third-order valence-electron chi connectivity index (χ3n) is 2.75.